The molecular weight excluding hydrogens is 745 g/mol. The number of hydrogen-bond acceptors (Lipinski definition) is 2. The molecular formula is C57H40N2S. The summed E-state index contributed by atoms with van der Waals surface area (Å²) in [5.41, 5.74) is 17.2. The number of thiophene rings is 1. The lowest BCUT2D eigenvalue weighted by atomic mass is 9.82. The molecule has 9 aromatic carbocycles. The Morgan fingerprint density at radius 1 is 0.417 bits per heavy atom. The van der Waals surface area contributed by atoms with E-state index in [1.807, 2.05) is 11.3 Å². The zero-order valence-corrected chi connectivity index (χ0v) is 34.2. The maximum Gasteiger partial charge on any atom is 0.0640 e. The molecule has 12 rings (SSSR count). The summed E-state index contributed by atoms with van der Waals surface area (Å²) in [6.07, 6.45) is 0. The molecule has 0 saturated heterocycles. The SMILES string of the molecule is CC1(C)c2ccccc2-c2ccc(N(c3ccc(-c4cccc(-c5ccc6c(c5)c5ccccc5n6-c5ccccc5)c4)cc3)c3cccc4c3sc3ccccc34)cc21. The van der Waals surface area contributed by atoms with Crippen molar-refractivity contribution in [2.24, 2.45) is 0 Å². The molecule has 3 heteroatoms. The molecule has 0 saturated carbocycles. The molecule has 60 heavy (non-hydrogen) atoms. The van der Waals surface area contributed by atoms with E-state index in [-0.39, 0.29) is 5.41 Å². The fourth-order valence-electron chi connectivity index (χ4n) is 9.86. The van der Waals surface area contributed by atoms with E-state index in [0.29, 0.717) is 0 Å². The van der Waals surface area contributed by atoms with Gasteiger partial charge in [0.1, 0.15) is 0 Å². The van der Waals surface area contributed by atoms with Gasteiger partial charge in [-0.2, -0.15) is 0 Å². The maximum absolute atomic E-state index is 2.47. The quantitative estimate of drug-likeness (QED) is 0.163. The first kappa shape index (κ1) is 34.8. The van der Waals surface area contributed by atoms with Crippen molar-refractivity contribution in [1.29, 1.82) is 0 Å². The van der Waals surface area contributed by atoms with Crippen LogP contribution in [0.5, 0.6) is 0 Å². The molecule has 0 radical (unpaired) electrons. The molecule has 0 aliphatic heterocycles. The van der Waals surface area contributed by atoms with Crippen LogP contribution < -0.4 is 4.90 Å². The first-order valence-corrected chi connectivity index (χ1v) is 21.6. The fourth-order valence-corrected chi connectivity index (χ4v) is 11.1. The van der Waals surface area contributed by atoms with Crippen molar-refractivity contribution < 1.29 is 0 Å². The van der Waals surface area contributed by atoms with Gasteiger partial charge in [-0.1, -0.05) is 147 Å². The molecule has 0 atom stereocenters. The number of hydrogen-bond donors (Lipinski definition) is 0. The van der Waals surface area contributed by atoms with Crippen molar-refractivity contribution in [3.8, 4) is 39.1 Å². The van der Waals surface area contributed by atoms with Crippen LogP contribution in [0.4, 0.5) is 17.1 Å². The smallest absolute Gasteiger partial charge is 0.0640 e. The second-order valence-corrected chi connectivity index (χ2v) is 17.6. The molecule has 0 N–H and O–H groups in total. The number of nitrogens with zero attached hydrogens (tertiary/aromatic N) is 2. The van der Waals surface area contributed by atoms with Crippen LogP contribution in [0.15, 0.2) is 206 Å². The summed E-state index contributed by atoms with van der Waals surface area (Å²) in [5, 5.41) is 5.12. The van der Waals surface area contributed by atoms with Gasteiger partial charge in [-0.05, 0) is 117 Å². The number of aromatic nitrogens is 1. The van der Waals surface area contributed by atoms with E-state index in [1.54, 1.807) is 0 Å². The highest BCUT2D eigenvalue weighted by Gasteiger charge is 2.36. The van der Waals surface area contributed by atoms with Gasteiger partial charge in [0.25, 0.3) is 0 Å². The Morgan fingerprint density at radius 2 is 1.05 bits per heavy atom. The largest absolute Gasteiger partial charge is 0.309 e. The van der Waals surface area contributed by atoms with Gasteiger partial charge in [0.05, 0.1) is 21.4 Å². The fraction of sp³-hybridized carbons (Fsp3) is 0.0526. The standard InChI is InChI=1S/C57H40N2S/c1-57(2)50-22-9-6-18-44(50)45-32-31-43(36-51(45)57)58(54-24-13-21-48-47-20-8-11-25-55(47)60-56(48)54)42-29-26-37(27-30-42)38-14-12-15-39(34-38)40-28-33-53-49(35-40)46-19-7-10-23-52(46)59(53)41-16-4-3-5-17-41/h3-36H,1-2H3. The third-order valence-electron chi connectivity index (χ3n) is 12.8. The number of rotatable bonds is 6. The highest BCUT2D eigenvalue weighted by Crippen LogP contribution is 2.52. The molecule has 284 valence electrons. The highest BCUT2D eigenvalue weighted by atomic mass is 32.1. The van der Waals surface area contributed by atoms with E-state index >= 15 is 0 Å². The van der Waals surface area contributed by atoms with Crippen LogP contribution in [0.2, 0.25) is 0 Å². The molecule has 0 bridgehead atoms. The second kappa shape index (κ2) is 13.4. The molecule has 0 spiro atoms. The third kappa shape index (κ3) is 5.33. The summed E-state index contributed by atoms with van der Waals surface area (Å²) in [4.78, 5) is 2.47. The zero-order valence-electron chi connectivity index (χ0n) is 33.4. The van der Waals surface area contributed by atoms with Crippen LogP contribution in [-0.2, 0) is 5.41 Å². The van der Waals surface area contributed by atoms with Crippen LogP contribution in [0.25, 0.3) is 81.0 Å². The van der Waals surface area contributed by atoms with Crippen LogP contribution >= 0.6 is 11.3 Å². The Morgan fingerprint density at radius 3 is 1.92 bits per heavy atom. The molecule has 2 nitrogen and oxygen atoms in total. The first-order chi connectivity index (χ1) is 29.5. The molecule has 0 unspecified atom stereocenters. The van der Waals surface area contributed by atoms with E-state index in [1.165, 1.54) is 104 Å². The number of fused-ring (bicyclic) bond motifs is 9. The molecule has 1 aliphatic rings. The Bertz CT molecular complexity index is 3460. The molecule has 1 aliphatic carbocycles. The molecule has 0 fully saturated rings. The average Bonchev–Trinajstić information content (AvgIpc) is 3.93. The second-order valence-electron chi connectivity index (χ2n) is 16.5. The summed E-state index contributed by atoms with van der Waals surface area (Å²) in [6.45, 7) is 4.73. The predicted octanol–water partition coefficient (Wildman–Crippen LogP) is 16.3. The Labute approximate surface area is 353 Å². The topological polar surface area (TPSA) is 8.17 Å². The maximum atomic E-state index is 2.47. The van der Waals surface area contributed by atoms with E-state index in [4.69, 9.17) is 0 Å². The van der Waals surface area contributed by atoms with Crippen LogP contribution in [-0.4, -0.2) is 4.57 Å². The van der Waals surface area contributed by atoms with E-state index in [0.717, 1.165) is 5.69 Å². The van der Waals surface area contributed by atoms with Crippen molar-refractivity contribution in [3.63, 3.8) is 0 Å². The van der Waals surface area contributed by atoms with Crippen LogP contribution in [0.3, 0.4) is 0 Å². The van der Waals surface area contributed by atoms with Crippen molar-refractivity contribution >= 4 is 70.4 Å². The summed E-state index contributed by atoms with van der Waals surface area (Å²) < 4.78 is 4.98. The zero-order chi connectivity index (χ0) is 40.0. The van der Waals surface area contributed by atoms with Gasteiger partial charge in [0, 0.05) is 48.7 Å². The Balaban J connectivity index is 0.956. The van der Waals surface area contributed by atoms with E-state index < -0.39 is 0 Å². The van der Waals surface area contributed by atoms with Gasteiger partial charge in [0.15, 0.2) is 0 Å². The average molecular weight is 785 g/mol. The summed E-state index contributed by atoms with van der Waals surface area (Å²) >= 11 is 1.88. The number of para-hydroxylation sites is 2. The Hall–Kier alpha value is -7.20. The number of anilines is 3. The lowest BCUT2D eigenvalue weighted by Crippen LogP contribution is -2.16. The normalized spacial score (nSPS) is 13.0. The lowest BCUT2D eigenvalue weighted by Gasteiger charge is -2.28. The van der Waals surface area contributed by atoms with Crippen LogP contribution in [0.1, 0.15) is 25.0 Å². The third-order valence-corrected chi connectivity index (χ3v) is 14.0. The Kier molecular flexibility index (Phi) is 7.79. The first-order valence-electron chi connectivity index (χ1n) is 20.8. The molecule has 2 heterocycles. The monoisotopic (exact) mass is 784 g/mol. The molecule has 11 aromatic rings. The van der Waals surface area contributed by atoms with Gasteiger partial charge in [-0.3, -0.25) is 0 Å². The summed E-state index contributed by atoms with van der Waals surface area (Å²) in [6, 6.07) is 76.0. The van der Waals surface area contributed by atoms with Gasteiger partial charge in [-0.25, -0.2) is 0 Å². The predicted molar refractivity (Wildman–Crippen MR) is 257 cm³/mol. The summed E-state index contributed by atoms with van der Waals surface area (Å²) in [5.74, 6) is 0. The van der Waals surface area contributed by atoms with Crippen LogP contribution in [0, 0.1) is 0 Å². The van der Waals surface area contributed by atoms with Crippen molar-refractivity contribution in [2.45, 2.75) is 19.3 Å². The minimum absolute atomic E-state index is 0.102. The minimum atomic E-state index is -0.102. The lowest BCUT2D eigenvalue weighted by molar-refractivity contribution is 0.660. The molecule has 2 aromatic heterocycles. The minimum Gasteiger partial charge on any atom is -0.309 e. The van der Waals surface area contributed by atoms with E-state index in [9.17, 15) is 0 Å². The van der Waals surface area contributed by atoms with Crippen molar-refractivity contribution in [3.05, 3.63) is 217 Å². The number of benzene rings is 9. The van der Waals surface area contributed by atoms with E-state index in [2.05, 4.69) is 230 Å². The van der Waals surface area contributed by atoms with Gasteiger partial charge >= 0.3 is 0 Å². The molecule has 0 amide bonds. The summed E-state index contributed by atoms with van der Waals surface area (Å²) in [7, 11) is 0. The van der Waals surface area contributed by atoms with Gasteiger partial charge in [0.2, 0.25) is 0 Å². The van der Waals surface area contributed by atoms with Crippen molar-refractivity contribution in [2.75, 3.05) is 4.90 Å². The highest BCUT2D eigenvalue weighted by molar-refractivity contribution is 7.26. The van der Waals surface area contributed by atoms with Gasteiger partial charge < -0.3 is 9.47 Å². The van der Waals surface area contributed by atoms with Gasteiger partial charge in [-0.15, -0.1) is 11.3 Å². The van der Waals surface area contributed by atoms with Crippen molar-refractivity contribution in [1.82, 2.24) is 4.57 Å².